The number of hydrogen-bond acceptors (Lipinski definition) is 1. The number of nitrogens with zero attached hydrogens (tertiary/aromatic N) is 1. The predicted molar refractivity (Wildman–Crippen MR) is 77.3 cm³/mol. The lowest BCUT2D eigenvalue weighted by atomic mass is 10.1. The first-order valence-electron chi connectivity index (χ1n) is 6.68. The van der Waals surface area contributed by atoms with E-state index in [1.807, 2.05) is 13.8 Å². The van der Waals surface area contributed by atoms with Crippen LogP contribution in [0, 0.1) is 12.7 Å². The molecule has 0 aliphatic rings. The van der Waals surface area contributed by atoms with Gasteiger partial charge in [-0.1, -0.05) is 26.0 Å². The molecular formula is C15H21ClFNO. The van der Waals surface area contributed by atoms with E-state index in [-0.39, 0.29) is 17.5 Å². The van der Waals surface area contributed by atoms with E-state index in [1.165, 1.54) is 6.07 Å². The molecule has 0 N–H and O–H groups in total. The van der Waals surface area contributed by atoms with Gasteiger partial charge in [-0.15, -0.1) is 11.6 Å². The van der Waals surface area contributed by atoms with Gasteiger partial charge in [-0.25, -0.2) is 4.39 Å². The number of rotatable bonds is 6. The highest BCUT2D eigenvalue weighted by Crippen LogP contribution is 2.18. The molecule has 0 aromatic heterocycles. The van der Waals surface area contributed by atoms with Crippen LogP contribution < -0.4 is 0 Å². The van der Waals surface area contributed by atoms with Crippen LogP contribution in [0.3, 0.4) is 0 Å². The fraction of sp³-hybridized carbons (Fsp3) is 0.533. The molecule has 1 amide bonds. The summed E-state index contributed by atoms with van der Waals surface area (Å²) < 4.78 is 14.0. The summed E-state index contributed by atoms with van der Waals surface area (Å²) in [5.74, 6) is -0.344. The topological polar surface area (TPSA) is 20.3 Å². The number of halogens is 2. The Hall–Kier alpha value is -1.09. The summed E-state index contributed by atoms with van der Waals surface area (Å²) in [5, 5.41) is 0. The average molecular weight is 286 g/mol. The van der Waals surface area contributed by atoms with E-state index in [4.69, 9.17) is 11.6 Å². The highest BCUT2D eigenvalue weighted by Gasteiger charge is 2.24. The second-order valence-electron chi connectivity index (χ2n) is 4.59. The van der Waals surface area contributed by atoms with Crippen LogP contribution in [-0.4, -0.2) is 29.3 Å². The van der Waals surface area contributed by atoms with Crippen LogP contribution in [0.15, 0.2) is 18.2 Å². The molecule has 0 fully saturated rings. The standard InChI is InChI=1S/C15H21ClFNO/c1-4-12(5-2)18(10-9-16)15(19)13-8-6-7-11(3)14(13)17/h6-8,12H,4-5,9-10H2,1-3H3. The van der Waals surface area contributed by atoms with E-state index in [1.54, 1.807) is 24.0 Å². The van der Waals surface area contributed by atoms with Crippen LogP contribution >= 0.6 is 11.6 Å². The summed E-state index contributed by atoms with van der Waals surface area (Å²) in [4.78, 5) is 14.2. The van der Waals surface area contributed by atoms with Gasteiger partial charge in [-0.3, -0.25) is 4.79 Å². The van der Waals surface area contributed by atoms with Crippen molar-refractivity contribution < 1.29 is 9.18 Å². The molecule has 0 saturated carbocycles. The molecule has 0 atom stereocenters. The van der Waals surface area contributed by atoms with E-state index in [9.17, 15) is 9.18 Å². The van der Waals surface area contributed by atoms with Gasteiger partial charge in [-0.05, 0) is 31.4 Å². The van der Waals surface area contributed by atoms with E-state index in [2.05, 4.69) is 0 Å². The van der Waals surface area contributed by atoms with E-state index >= 15 is 0 Å². The molecule has 0 spiro atoms. The van der Waals surface area contributed by atoms with Gasteiger partial charge in [0.05, 0.1) is 5.56 Å². The maximum atomic E-state index is 14.0. The number of amides is 1. The van der Waals surface area contributed by atoms with Crippen LogP contribution in [-0.2, 0) is 0 Å². The molecule has 0 unspecified atom stereocenters. The first kappa shape index (κ1) is 16.0. The number of benzene rings is 1. The summed E-state index contributed by atoms with van der Waals surface area (Å²) in [7, 11) is 0. The number of carbonyl (C=O) groups is 1. The lowest BCUT2D eigenvalue weighted by molar-refractivity contribution is 0.0676. The SMILES string of the molecule is CCC(CC)N(CCCl)C(=O)c1cccc(C)c1F. The van der Waals surface area contributed by atoms with E-state index in [0.717, 1.165) is 12.8 Å². The van der Waals surface area contributed by atoms with Crippen molar-refractivity contribution in [3.05, 3.63) is 35.1 Å². The fourth-order valence-electron chi connectivity index (χ4n) is 2.24. The number of aryl methyl sites for hydroxylation is 1. The molecule has 0 aliphatic carbocycles. The molecule has 0 saturated heterocycles. The third-order valence-corrected chi connectivity index (χ3v) is 3.56. The Kier molecular flexibility index (Phi) is 6.29. The summed E-state index contributed by atoms with van der Waals surface area (Å²) in [6.45, 7) is 6.15. The van der Waals surface area contributed by atoms with Gasteiger partial charge in [0.25, 0.3) is 5.91 Å². The molecule has 0 aliphatic heterocycles. The van der Waals surface area contributed by atoms with Crippen LogP contribution in [0.5, 0.6) is 0 Å². The Morgan fingerprint density at radius 2 is 2.00 bits per heavy atom. The van der Waals surface area contributed by atoms with Crippen molar-refractivity contribution >= 4 is 17.5 Å². The number of carbonyl (C=O) groups excluding carboxylic acids is 1. The summed E-state index contributed by atoms with van der Waals surface area (Å²) >= 11 is 5.77. The van der Waals surface area contributed by atoms with Crippen molar-refractivity contribution in [2.24, 2.45) is 0 Å². The molecule has 1 rings (SSSR count). The third-order valence-electron chi connectivity index (χ3n) is 3.39. The molecule has 19 heavy (non-hydrogen) atoms. The van der Waals surface area contributed by atoms with Crippen LogP contribution in [0.2, 0.25) is 0 Å². The van der Waals surface area contributed by atoms with Gasteiger partial charge >= 0.3 is 0 Å². The van der Waals surface area contributed by atoms with Gasteiger partial charge in [0.15, 0.2) is 0 Å². The van der Waals surface area contributed by atoms with E-state index < -0.39 is 5.82 Å². The molecular weight excluding hydrogens is 265 g/mol. The third kappa shape index (κ3) is 3.69. The van der Waals surface area contributed by atoms with Gasteiger partial charge in [0.2, 0.25) is 0 Å². The normalized spacial score (nSPS) is 10.8. The molecule has 2 nitrogen and oxygen atoms in total. The second kappa shape index (κ2) is 7.49. The average Bonchev–Trinajstić information content (AvgIpc) is 2.41. The summed E-state index contributed by atoms with van der Waals surface area (Å²) in [6.07, 6.45) is 1.68. The molecule has 0 bridgehead atoms. The Labute approximate surface area is 119 Å². The van der Waals surface area contributed by atoms with Crippen molar-refractivity contribution in [3.63, 3.8) is 0 Å². The number of alkyl halides is 1. The van der Waals surface area contributed by atoms with Crippen molar-refractivity contribution in [3.8, 4) is 0 Å². The van der Waals surface area contributed by atoms with Gasteiger partial charge in [-0.2, -0.15) is 0 Å². The van der Waals surface area contributed by atoms with Crippen LogP contribution in [0.4, 0.5) is 4.39 Å². The fourth-order valence-corrected chi connectivity index (χ4v) is 2.42. The Morgan fingerprint density at radius 1 is 1.37 bits per heavy atom. The molecule has 1 aromatic rings. The first-order chi connectivity index (χ1) is 9.06. The van der Waals surface area contributed by atoms with Crippen LogP contribution in [0.25, 0.3) is 0 Å². The highest BCUT2D eigenvalue weighted by molar-refractivity contribution is 6.18. The minimum atomic E-state index is -0.432. The zero-order valence-corrected chi connectivity index (χ0v) is 12.5. The van der Waals surface area contributed by atoms with Crippen LogP contribution in [0.1, 0.15) is 42.6 Å². The first-order valence-corrected chi connectivity index (χ1v) is 7.22. The smallest absolute Gasteiger partial charge is 0.257 e. The van der Waals surface area contributed by atoms with Crippen molar-refractivity contribution in [2.75, 3.05) is 12.4 Å². The van der Waals surface area contributed by atoms with Gasteiger partial charge in [0, 0.05) is 18.5 Å². The van der Waals surface area contributed by atoms with E-state index in [0.29, 0.717) is 18.0 Å². The molecule has 0 radical (unpaired) electrons. The second-order valence-corrected chi connectivity index (χ2v) is 4.97. The van der Waals surface area contributed by atoms with Crippen molar-refractivity contribution in [1.29, 1.82) is 0 Å². The lowest BCUT2D eigenvalue weighted by Gasteiger charge is -2.30. The molecule has 0 heterocycles. The molecule has 4 heteroatoms. The molecule has 106 valence electrons. The molecule has 1 aromatic carbocycles. The Morgan fingerprint density at radius 3 is 2.53 bits per heavy atom. The van der Waals surface area contributed by atoms with Crippen molar-refractivity contribution in [2.45, 2.75) is 39.7 Å². The van der Waals surface area contributed by atoms with Gasteiger partial charge in [0.1, 0.15) is 5.82 Å². The largest absolute Gasteiger partial charge is 0.334 e. The predicted octanol–water partition coefficient (Wildman–Crippen LogP) is 4.00. The summed E-state index contributed by atoms with van der Waals surface area (Å²) in [5.41, 5.74) is 0.623. The maximum Gasteiger partial charge on any atom is 0.257 e. The zero-order valence-electron chi connectivity index (χ0n) is 11.7. The Balaban J connectivity index is 3.08. The Bertz CT molecular complexity index is 432. The van der Waals surface area contributed by atoms with Gasteiger partial charge < -0.3 is 4.90 Å². The lowest BCUT2D eigenvalue weighted by Crippen LogP contribution is -2.41. The minimum absolute atomic E-state index is 0.103. The highest BCUT2D eigenvalue weighted by atomic mass is 35.5. The summed E-state index contributed by atoms with van der Waals surface area (Å²) in [6, 6.07) is 5.01. The zero-order chi connectivity index (χ0) is 14.4. The maximum absolute atomic E-state index is 14.0. The monoisotopic (exact) mass is 285 g/mol. The quantitative estimate of drug-likeness (QED) is 0.723. The minimum Gasteiger partial charge on any atom is -0.334 e. The number of hydrogen-bond donors (Lipinski definition) is 0. The van der Waals surface area contributed by atoms with Crippen molar-refractivity contribution in [1.82, 2.24) is 4.90 Å².